The van der Waals surface area contributed by atoms with Crippen LogP contribution in [0.1, 0.15) is 23.6 Å². The van der Waals surface area contributed by atoms with Gasteiger partial charge in [0.1, 0.15) is 0 Å². The van der Waals surface area contributed by atoms with Gasteiger partial charge in [0, 0.05) is 12.0 Å². The van der Waals surface area contributed by atoms with Crippen LogP contribution < -0.4 is 4.73 Å². The van der Waals surface area contributed by atoms with Crippen LogP contribution in [0.4, 0.5) is 0 Å². The summed E-state index contributed by atoms with van der Waals surface area (Å²) in [6.45, 7) is 0. The van der Waals surface area contributed by atoms with Gasteiger partial charge in [0.25, 0.3) is 0 Å². The standard InChI is InChI=1S/C9H8BrNO/c10-6-3-8-7-1-5(7)2-9(8)11(12)4-6/h3-5,7H,1-2H2. The van der Waals surface area contributed by atoms with E-state index in [9.17, 15) is 5.21 Å². The van der Waals surface area contributed by atoms with Crippen molar-refractivity contribution in [2.75, 3.05) is 0 Å². The molecule has 1 fully saturated rings. The minimum atomic E-state index is 0.706. The lowest BCUT2D eigenvalue weighted by atomic mass is 10.1. The average molecular weight is 226 g/mol. The van der Waals surface area contributed by atoms with Crippen molar-refractivity contribution in [2.45, 2.75) is 18.8 Å². The van der Waals surface area contributed by atoms with E-state index in [1.54, 1.807) is 6.20 Å². The number of aromatic nitrogens is 1. The molecular weight excluding hydrogens is 218 g/mol. The van der Waals surface area contributed by atoms with E-state index in [0.717, 1.165) is 27.2 Å². The minimum absolute atomic E-state index is 0.706. The summed E-state index contributed by atoms with van der Waals surface area (Å²) in [5.74, 6) is 1.49. The highest BCUT2D eigenvalue weighted by atomic mass is 79.9. The van der Waals surface area contributed by atoms with Crippen molar-refractivity contribution in [1.29, 1.82) is 0 Å². The van der Waals surface area contributed by atoms with Gasteiger partial charge in [-0.15, -0.1) is 0 Å². The van der Waals surface area contributed by atoms with E-state index < -0.39 is 0 Å². The third-order valence-electron chi connectivity index (χ3n) is 2.91. The van der Waals surface area contributed by atoms with Gasteiger partial charge in [-0.2, -0.15) is 4.73 Å². The number of nitrogens with zero attached hydrogens (tertiary/aromatic N) is 1. The fourth-order valence-electron chi connectivity index (χ4n) is 2.22. The SMILES string of the molecule is [O-][n+]1cc(Br)cc2c1CC1CC21. The molecule has 0 radical (unpaired) electrons. The van der Waals surface area contributed by atoms with Gasteiger partial charge in [-0.3, -0.25) is 0 Å². The van der Waals surface area contributed by atoms with Crippen LogP contribution in [0.15, 0.2) is 16.7 Å². The van der Waals surface area contributed by atoms with Gasteiger partial charge >= 0.3 is 0 Å². The second kappa shape index (κ2) is 2.02. The lowest BCUT2D eigenvalue weighted by Crippen LogP contribution is -2.31. The molecule has 1 aromatic rings. The molecule has 0 saturated heterocycles. The molecule has 2 nitrogen and oxygen atoms in total. The first-order valence-corrected chi connectivity index (χ1v) is 4.96. The second-order valence-electron chi connectivity index (χ2n) is 3.69. The van der Waals surface area contributed by atoms with Gasteiger partial charge in [0.15, 0.2) is 11.9 Å². The first kappa shape index (κ1) is 6.89. The lowest BCUT2D eigenvalue weighted by molar-refractivity contribution is -0.614. The van der Waals surface area contributed by atoms with Crippen molar-refractivity contribution in [3.63, 3.8) is 0 Å². The van der Waals surface area contributed by atoms with Gasteiger partial charge in [-0.25, -0.2) is 0 Å². The van der Waals surface area contributed by atoms with E-state index in [1.165, 1.54) is 12.0 Å². The molecule has 1 saturated carbocycles. The first-order chi connectivity index (χ1) is 5.75. The van der Waals surface area contributed by atoms with E-state index in [0.29, 0.717) is 5.92 Å². The molecule has 3 heteroatoms. The molecule has 1 aromatic heterocycles. The zero-order valence-electron chi connectivity index (χ0n) is 6.46. The predicted octanol–water partition coefficient (Wildman–Crippen LogP) is 1.74. The van der Waals surface area contributed by atoms with Crippen LogP contribution >= 0.6 is 15.9 Å². The Morgan fingerprint density at radius 3 is 3.25 bits per heavy atom. The maximum absolute atomic E-state index is 11.4. The Hall–Kier alpha value is -0.570. The van der Waals surface area contributed by atoms with E-state index in [1.807, 2.05) is 0 Å². The number of hydrogen-bond donors (Lipinski definition) is 0. The fraction of sp³-hybridized carbons (Fsp3) is 0.444. The Kier molecular flexibility index (Phi) is 1.16. The number of rotatable bonds is 0. The zero-order valence-corrected chi connectivity index (χ0v) is 8.04. The molecule has 2 aliphatic rings. The molecule has 0 spiro atoms. The van der Waals surface area contributed by atoms with Gasteiger partial charge in [0.2, 0.25) is 0 Å². The number of pyridine rings is 1. The van der Waals surface area contributed by atoms with Gasteiger partial charge in [-0.05, 0) is 40.3 Å². The van der Waals surface area contributed by atoms with Gasteiger partial charge in [0.05, 0.1) is 4.47 Å². The molecule has 1 heterocycles. The second-order valence-corrected chi connectivity index (χ2v) is 4.61. The predicted molar refractivity (Wildman–Crippen MR) is 47.7 cm³/mol. The van der Waals surface area contributed by atoms with E-state index >= 15 is 0 Å². The summed E-state index contributed by atoms with van der Waals surface area (Å²) < 4.78 is 1.93. The molecule has 0 N–H and O–H groups in total. The molecule has 0 bridgehead atoms. The normalized spacial score (nSPS) is 29.8. The summed E-state index contributed by atoms with van der Waals surface area (Å²) in [6.07, 6.45) is 3.89. The van der Waals surface area contributed by atoms with Crippen LogP contribution in [0, 0.1) is 11.1 Å². The van der Waals surface area contributed by atoms with E-state index in [4.69, 9.17) is 0 Å². The maximum Gasteiger partial charge on any atom is 0.196 e. The topological polar surface area (TPSA) is 26.9 Å². The van der Waals surface area contributed by atoms with Crippen LogP contribution in [0.2, 0.25) is 0 Å². The third kappa shape index (κ3) is 0.774. The summed E-state index contributed by atoms with van der Waals surface area (Å²) >= 11 is 3.34. The summed E-state index contributed by atoms with van der Waals surface area (Å²) in [6, 6.07) is 2.10. The molecule has 2 unspecified atom stereocenters. The highest BCUT2D eigenvalue weighted by Gasteiger charge is 2.49. The van der Waals surface area contributed by atoms with Crippen LogP contribution in [-0.4, -0.2) is 0 Å². The van der Waals surface area contributed by atoms with Crippen molar-refractivity contribution < 1.29 is 4.73 Å². The third-order valence-corrected chi connectivity index (χ3v) is 3.34. The average Bonchev–Trinajstić information content (AvgIpc) is 2.68. The molecule has 0 aliphatic heterocycles. The fourth-order valence-corrected chi connectivity index (χ4v) is 2.65. The molecular formula is C9H8BrNO. The smallest absolute Gasteiger partial charge is 0.196 e. The maximum atomic E-state index is 11.4. The zero-order chi connectivity index (χ0) is 8.29. The van der Waals surface area contributed by atoms with Gasteiger partial charge < -0.3 is 5.21 Å². The molecule has 0 aromatic carbocycles. The summed E-state index contributed by atoms with van der Waals surface area (Å²) in [7, 11) is 0. The van der Waals surface area contributed by atoms with Gasteiger partial charge in [-0.1, -0.05) is 0 Å². The quantitative estimate of drug-likeness (QED) is 0.489. The lowest BCUT2D eigenvalue weighted by Gasteiger charge is -2.04. The summed E-state index contributed by atoms with van der Waals surface area (Å²) in [5.41, 5.74) is 2.28. The minimum Gasteiger partial charge on any atom is -0.618 e. The molecule has 12 heavy (non-hydrogen) atoms. The van der Waals surface area contributed by atoms with Crippen molar-refractivity contribution in [2.24, 2.45) is 5.92 Å². The Labute approximate surface area is 78.9 Å². The Morgan fingerprint density at radius 1 is 1.58 bits per heavy atom. The van der Waals surface area contributed by atoms with Crippen LogP contribution in [0.25, 0.3) is 0 Å². The van der Waals surface area contributed by atoms with Crippen LogP contribution in [-0.2, 0) is 6.42 Å². The van der Waals surface area contributed by atoms with Crippen molar-refractivity contribution in [3.8, 4) is 0 Å². The van der Waals surface area contributed by atoms with Crippen molar-refractivity contribution in [1.82, 2.24) is 0 Å². The van der Waals surface area contributed by atoms with E-state index in [2.05, 4.69) is 22.0 Å². The number of fused-ring (bicyclic) bond motifs is 3. The number of hydrogen-bond acceptors (Lipinski definition) is 1. The molecule has 3 rings (SSSR count). The highest BCUT2D eigenvalue weighted by molar-refractivity contribution is 9.10. The molecule has 62 valence electrons. The van der Waals surface area contributed by atoms with Crippen molar-refractivity contribution >= 4 is 15.9 Å². The molecule has 0 amide bonds. The monoisotopic (exact) mass is 225 g/mol. The van der Waals surface area contributed by atoms with Crippen LogP contribution in [0.5, 0.6) is 0 Å². The highest BCUT2D eigenvalue weighted by Crippen LogP contribution is 2.55. The van der Waals surface area contributed by atoms with Crippen molar-refractivity contribution in [3.05, 3.63) is 33.2 Å². The molecule has 2 aliphatic carbocycles. The Morgan fingerprint density at radius 2 is 2.42 bits per heavy atom. The Balaban J connectivity index is 2.24. The Bertz CT molecular complexity index is 364. The summed E-state index contributed by atoms with van der Waals surface area (Å²) in [4.78, 5) is 0. The summed E-state index contributed by atoms with van der Waals surface area (Å²) in [5, 5.41) is 11.4. The molecule has 2 atom stereocenters. The number of halogens is 1. The first-order valence-electron chi connectivity index (χ1n) is 4.17. The van der Waals surface area contributed by atoms with E-state index in [-0.39, 0.29) is 0 Å². The largest absolute Gasteiger partial charge is 0.618 e. The van der Waals surface area contributed by atoms with Crippen LogP contribution in [0.3, 0.4) is 0 Å².